The molecule has 0 saturated heterocycles. The summed E-state index contributed by atoms with van der Waals surface area (Å²) in [5, 5.41) is 12.1. The van der Waals surface area contributed by atoms with E-state index in [9.17, 15) is 14.7 Å². The average molecular weight is 221 g/mol. The summed E-state index contributed by atoms with van der Waals surface area (Å²) in [7, 11) is 0. The molecule has 16 heavy (non-hydrogen) atoms. The molecule has 1 amide bonds. The summed E-state index contributed by atoms with van der Waals surface area (Å²) in [4.78, 5) is 22.5. The molecule has 0 aliphatic heterocycles. The predicted molar refractivity (Wildman–Crippen MR) is 60.3 cm³/mol. The molecule has 0 heterocycles. The Morgan fingerprint density at radius 2 is 2.00 bits per heavy atom. The van der Waals surface area contributed by atoms with Crippen LogP contribution in [0.2, 0.25) is 0 Å². The van der Waals surface area contributed by atoms with Crippen LogP contribution in [-0.2, 0) is 4.79 Å². The summed E-state index contributed by atoms with van der Waals surface area (Å²) in [6.45, 7) is 3.22. The summed E-state index contributed by atoms with van der Waals surface area (Å²) in [6, 6.07) is 6.06. The van der Waals surface area contributed by atoms with Crippen molar-refractivity contribution in [1.29, 1.82) is 0 Å². The van der Waals surface area contributed by atoms with Crippen LogP contribution in [0.4, 0.5) is 0 Å². The van der Waals surface area contributed by atoms with Crippen LogP contribution in [0.1, 0.15) is 30.6 Å². The fourth-order valence-corrected chi connectivity index (χ4v) is 1.45. The first-order valence-corrected chi connectivity index (χ1v) is 5.09. The fourth-order valence-electron chi connectivity index (χ4n) is 1.45. The Labute approximate surface area is 94.3 Å². The lowest BCUT2D eigenvalue weighted by Gasteiger charge is -2.12. The van der Waals surface area contributed by atoms with E-state index < -0.39 is 0 Å². The highest BCUT2D eigenvalue weighted by molar-refractivity contribution is 5.97. The monoisotopic (exact) mass is 221 g/mol. The number of rotatable bonds is 4. The Bertz CT molecular complexity index is 401. The van der Waals surface area contributed by atoms with Gasteiger partial charge in [0.2, 0.25) is 0 Å². The first-order valence-electron chi connectivity index (χ1n) is 5.09. The van der Waals surface area contributed by atoms with E-state index >= 15 is 0 Å². The number of benzene rings is 1. The molecule has 0 saturated carbocycles. The average Bonchev–Trinajstić information content (AvgIpc) is 2.16. The molecule has 86 valence electrons. The fraction of sp³-hybridized carbons (Fsp3) is 0.333. The molecule has 0 bridgehead atoms. The molecule has 0 aliphatic rings. The predicted octanol–water partition coefficient (Wildman–Crippen LogP) is 1.49. The maximum atomic E-state index is 11.7. The summed E-state index contributed by atoms with van der Waals surface area (Å²) in [5.74, 6) is -0.410. The number of nitrogens with one attached hydrogen (secondary N) is 1. The van der Waals surface area contributed by atoms with Gasteiger partial charge in [0.25, 0.3) is 5.91 Å². The minimum atomic E-state index is -0.369. The molecule has 1 atom stereocenters. The van der Waals surface area contributed by atoms with E-state index in [1.807, 2.05) is 0 Å². The Hall–Kier alpha value is -1.84. The summed E-state index contributed by atoms with van der Waals surface area (Å²) < 4.78 is 0. The second kappa shape index (κ2) is 5.30. The van der Waals surface area contributed by atoms with Crippen molar-refractivity contribution in [3.63, 3.8) is 0 Å². The number of phenolic OH excluding ortho intramolecular Hbond substituents is 1. The Morgan fingerprint density at radius 1 is 1.38 bits per heavy atom. The van der Waals surface area contributed by atoms with Gasteiger partial charge in [0.1, 0.15) is 11.5 Å². The molecule has 0 spiro atoms. The van der Waals surface area contributed by atoms with E-state index in [1.54, 1.807) is 19.1 Å². The third kappa shape index (κ3) is 3.38. The van der Waals surface area contributed by atoms with Gasteiger partial charge >= 0.3 is 0 Å². The van der Waals surface area contributed by atoms with E-state index in [0.29, 0.717) is 6.42 Å². The molecule has 4 heteroatoms. The molecule has 0 aromatic heterocycles. The summed E-state index contributed by atoms with van der Waals surface area (Å²) in [6.07, 6.45) is 0.291. The zero-order valence-corrected chi connectivity index (χ0v) is 9.36. The zero-order chi connectivity index (χ0) is 12.1. The van der Waals surface area contributed by atoms with Crippen LogP contribution in [0.5, 0.6) is 5.75 Å². The lowest BCUT2D eigenvalue weighted by Crippen LogP contribution is -2.33. The summed E-state index contributed by atoms with van der Waals surface area (Å²) >= 11 is 0. The van der Waals surface area contributed by atoms with Gasteiger partial charge in [-0.3, -0.25) is 9.59 Å². The van der Waals surface area contributed by atoms with Gasteiger partial charge in [-0.2, -0.15) is 0 Å². The number of hydrogen-bond acceptors (Lipinski definition) is 3. The standard InChI is InChI=1S/C12H15NO3/c1-8(7-9(2)14)13-12(16)10-5-3-4-6-11(10)15/h3-6,8,15H,7H2,1-2H3,(H,13,16). The minimum Gasteiger partial charge on any atom is -0.507 e. The van der Waals surface area contributed by atoms with E-state index in [4.69, 9.17) is 0 Å². The SMILES string of the molecule is CC(=O)CC(C)NC(=O)c1ccccc1O. The van der Waals surface area contributed by atoms with Crippen molar-refractivity contribution in [3.8, 4) is 5.75 Å². The highest BCUT2D eigenvalue weighted by Crippen LogP contribution is 2.15. The molecule has 1 aromatic rings. The van der Waals surface area contributed by atoms with Crippen LogP contribution >= 0.6 is 0 Å². The first-order chi connectivity index (χ1) is 7.50. The van der Waals surface area contributed by atoms with E-state index in [2.05, 4.69) is 5.32 Å². The van der Waals surface area contributed by atoms with Crippen molar-refractivity contribution in [2.75, 3.05) is 0 Å². The van der Waals surface area contributed by atoms with Crippen LogP contribution in [-0.4, -0.2) is 22.8 Å². The largest absolute Gasteiger partial charge is 0.507 e. The van der Waals surface area contributed by atoms with Crippen LogP contribution in [0.15, 0.2) is 24.3 Å². The van der Waals surface area contributed by atoms with Crippen molar-refractivity contribution >= 4 is 11.7 Å². The number of para-hydroxylation sites is 1. The summed E-state index contributed by atoms with van der Waals surface area (Å²) in [5.41, 5.74) is 0.220. The van der Waals surface area contributed by atoms with Crippen molar-refractivity contribution < 1.29 is 14.7 Å². The Kier molecular flexibility index (Phi) is 4.05. The number of hydrogen-bond donors (Lipinski definition) is 2. The molecule has 0 fully saturated rings. The molecular formula is C12H15NO3. The van der Waals surface area contributed by atoms with Crippen LogP contribution in [0, 0.1) is 0 Å². The number of aromatic hydroxyl groups is 1. The lowest BCUT2D eigenvalue weighted by atomic mass is 10.1. The van der Waals surface area contributed by atoms with Crippen molar-refractivity contribution in [1.82, 2.24) is 5.32 Å². The van der Waals surface area contributed by atoms with Gasteiger partial charge in [0, 0.05) is 12.5 Å². The second-order valence-corrected chi connectivity index (χ2v) is 3.80. The van der Waals surface area contributed by atoms with Gasteiger partial charge < -0.3 is 10.4 Å². The lowest BCUT2D eigenvalue weighted by molar-refractivity contribution is -0.117. The van der Waals surface area contributed by atoms with E-state index in [0.717, 1.165) is 0 Å². The number of carbonyl (C=O) groups is 2. The van der Waals surface area contributed by atoms with Crippen molar-refractivity contribution in [2.45, 2.75) is 26.3 Å². The topological polar surface area (TPSA) is 66.4 Å². The minimum absolute atomic E-state index is 0.0186. The van der Waals surface area contributed by atoms with Gasteiger partial charge in [-0.15, -0.1) is 0 Å². The number of Topliss-reactive ketones (excluding diaryl/α,β-unsaturated/α-hetero) is 1. The number of ketones is 1. The molecular weight excluding hydrogens is 206 g/mol. The number of amides is 1. The highest BCUT2D eigenvalue weighted by Gasteiger charge is 2.13. The maximum absolute atomic E-state index is 11.7. The van der Waals surface area contributed by atoms with E-state index in [-0.39, 0.29) is 29.0 Å². The van der Waals surface area contributed by atoms with Crippen LogP contribution in [0.3, 0.4) is 0 Å². The Morgan fingerprint density at radius 3 is 2.56 bits per heavy atom. The maximum Gasteiger partial charge on any atom is 0.255 e. The molecule has 4 nitrogen and oxygen atoms in total. The number of phenols is 1. The normalized spacial score (nSPS) is 11.9. The zero-order valence-electron chi connectivity index (χ0n) is 9.36. The van der Waals surface area contributed by atoms with Gasteiger partial charge in [-0.05, 0) is 26.0 Å². The second-order valence-electron chi connectivity index (χ2n) is 3.80. The van der Waals surface area contributed by atoms with Gasteiger partial charge in [-0.1, -0.05) is 12.1 Å². The van der Waals surface area contributed by atoms with Crippen LogP contribution < -0.4 is 5.32 Å². The molecule has 1 rings (SSSR count). The smallest absolute Gasteiger partial charge is 0.255 e. The number of carbonyl (C=O) groups excluding carboxylic acids is 2. The Balaban J connectivity index is 2.66. The molecule has 0 aliphatic carbocycles. The van der Waals surface area contributed by atoms with Crippen LogP contribution in [0.25, 0.3) is 0 Å². The quantitative estimate of drug-likeness (QED) is 0.809. The highest BCUT2D eigenvalue weighted by atomic mass is 16.3. The van der Waals surface area contributed by atoms with E-state index in [1.165, 1.54) is 19.1 Å². The van der Waals surface area contributed by atoms with Crippen molar-refractivity contribution in [2.24, 2.45) is 0 Å². The molecule has 1 aromatic carbocycles. The van der Waals surface area contributed by atoms with Gasteiger partial charge in [0.15, 0.2) is 0 Å². The molecule has 1 unspecified atom stereocenters. The third-order valence-corrected chi connectivity index (χ3v) is 2.12. The first kappa shape index (κ1) is 12.2. The van der Waals surface area contributed by atoms with Gasteiger partial charge in [-0.25, -0.2) is 0 Å². The van der Waals surface area contributed by atoms with Crippen molar-refractivity contribution in [3.05, 3.63) is 29.8 Å². The third-order valence-electron chi connectivity index (χ3n) is 2.12. The van der Waals surface area contributed by atoms with Gasteiger partial charge in [0.05, 0.1) is 5.56 Å². The molecule has 2 N–H and O–H groups in total. The molecule has 0 radical (unpaired) electrons.